The first-order valence-electron chi connectivity index (χ1n) is 7.36. The third kappa shape index (κ3) is 3.97. The summed E-state index contributed by atoms with van der Waals surface area (Å²) in [6, 6.07) is 2.97. The number of piperazine rings is 1. The predicted molar refractivity (Wildman–Crippen MR) is 74.9 cm³/mol. The smallest absolute Gasteiger partial charge is 0.396 e. The van der Waals surface area contributed by atoms with Crippen LogP contribution < -0.4 is 5.32 Å². The number of hydrogen-bond acceptors (Lipinski definition) is 3. The van der Waals surface area contributed by atoms with Gasteiger partial charge in [-0.15, -0.1) is 0 Å². The number of nitrogens with one attached hydrogen (secondary N) is 1. The highest BCUT2D eigenvalue weighted by Crippen LogP contribution is 2.36. The molecule has 1 saturated heterocycles. The van der Waals surface area contributed by atoms with Crippen LogP contribution in [0.1, 0.15) is 30.0 Å². The third-order valence-corrected chi connectivity index (χ3v) is 3.92. The first-order valence-corrected chi connectivity index (χ1v) is 7.36. The van der Waals surface area contributed by atoms with E-state index in [-0.39, 0.29) is 12.2 Å². The zero-order valence-corrected chi connectivity index (χ0v) is 12.2. The number of benzene rings is 1. The fourth-order valence-corrected chi connectivity index (χ4v) is 2.84. The first kappa shape index (κ1) is 17.2. The molecule has 0 radical (unpaired) electrons. The molecule has 22 heavy (non-hydrogen) atoms. The molecule has 1 aliphatic heterocycles. The normalized spacial score (nSPS) is 18.4. The Balaban J connectivity index is 2.34. The van der Waals surface area contributed by atoms with Crippen LogP contribution in [-0.4, -0.2) is 42.8 Å². The van der Waals surface area contributed by atoms with Crippen LogP contribution in [0.3, 0.4) is 0 Å². The molecule has 1 fully saturated rings. The van der Waals surface area contributed by atoms with Crippen molar-refractivity contribution < 1.29 is 22.7 Å². The molecular formula is C15H20F4N2O. The molecule has 1 heterocycles. The van der Waals surface area contributed by atoms with Crippen molar-refractivity contribution in [3.63, 3.8) is 0 Å². The average Bonchev–Trinajstić information content (AvgIpc) is 2.49. The summed E-state index contributed by atoms with van der Waals surface area (Å²) in [5, 5.41) is 12.2. The molecular weight excluding hydrogens is 300 g/mol. The minimum absolute atomic E-state index is 0.0603. The van der Waals surface area contributed by atoms with Gasteiger partial charge in [0.15, 0.2) is 0 Å². The predicted octanol–water partition coefficient (Wildman–Crippen LogP) is 2.56. The molecule has 1 aliphatic rings. The maximum Gasteiger partial charge on any atom is 0.419 e. The lowest BCUT2D eigenvalue weighted by atomic mass is 9.96. The van der Waals surface area contributed by atoms with Crippen molar-refractivity contribution in [2.45, 2.75) is 25.1 Å². The average molecular weight is 320 g/mol. The van der Waals surface area contributed by atoms with Crippen molar-refractivity contribution in [1.29, 1.82) is 0 Å². The van der Waals surface area contributed by atoms with Crippen molar-refractivity contribution in [1.82, 2.24) is 10.2 Å². The second-order valence-corrected chi connectivity index (χ2v) is 5.37. The summed E-state index contributed by atoms with van der Waals surface area (Å²) in [5.74, 6) is -1.20. The van der Waals surface area contributed by atoms with E-state index >= 15 is 0 Å². The third-order valence-electron chi connectivity index (χ3n) is 3.92. The molecule has 2 rings (SSSR count). The topological polar surface area (TPSA) is 35.5 Å². The van der Waals surface area contributed by atoms with Crippen LogP contribution in [0.15, 0.2) is 18.2 Å². The fraction of sp³-hybridized carbons (Fsp3) is 0.600. The standard InChI is InChI=1S/C15H20F4N2O/c16-14-11(3-1-4-12(14)15(17,18)19)13(5-2-10-22)21-8-6-20-7-9-21/h1,3-4,13,20,22H,2,5-10H2/t13-/m0/s1. The van der Waals surface area contributed by atoms with Gasteiger partial charge in [0.25, 0.3) is 0 Å². The Bertz CT molecular complexity index is 487. The Morgan fingerprint density at radius 1 is 1.23 bits per heavy atom. The van der Waals surface area contributed by atoms with E-state index in [0.29, 0.717) is 25.9 Å². The lowest BCUT2D eigenvalue weighted by Gasteiger charge is -2.35. The van der Waals surface area contributed by atoms with Crippen molar-refractivity contribution in [2.24, 2.45) is 0 Å². The van der Waals surface area contributed by atoms with Gasteiger partial charge >= 0.3 is 6.18 Å². The second-order valence-electron chi connectivity index (χ2n) is 5.37. The van der Waals surface area contributed by atoms with Crippen LogP contribution in [0.4, 0.5) is 17.6 Å². The lowest BCUT2D eigenvalue weighted by molar-refractivity contribution is -0.140. The minimum Gasteiger partial charge on any atom is -0.396 e. The summed E-state index contributed by atoms with van der Waals surface area (Å²) in [7, 11) is 0. The van der Waals surface area contributed by atoms with E-state index in [2.05, 4.69) is 5.32 Å². The maximum atomic E-state index is 14.4. The summed E-state index contributed by atoms with van der Waals surface area (Å²) in [6.07, 6.45) is -3.86. The number of alkyl halides is 3. The molecule has 0 saturated carbocycles. The largest absolute Gasteiger partial charge is 0.419 e. The van der Waals surface area contributed by atoms with Gasteiger partial charge in [-0.05, 0) is 18.9 Å². The van der Waals surface area contributed by atoms with E-state index in [0.717, 1.165) is 19.2 Å². The molecule has 0 bridgehead atoms. The molecule has 1 aromatic carbocycles. The summed E-state index contributed by atoms with van der Waals surface area (Å²) < 4.78 is 53.0. The molecule has 1 aromatic rings. The van der Waals surface area contributed by atoms with Crippen LogP contribution in [0, 0.1) is 5.82 Å². The van der Waals surface area contributed by atoms with E-state index < -0.39 is 23.6 Å². The number of rotatable bonds is 5. The van der Waals surface area contributed by atoms with E-state index in [1.807, 2.05) is 4.90 Å². The van der Waals surface area contributed by atoms with Crippen LogP contribution in [0.5, 0.6) is 0 Å². The Morgan fingerprint density at radius 3 is 2.50 bits per heavy atom. The Hall–Kier alpha value is -1.18. The van der Waals surface area contributed by atoms with Crippen molar-refractivity contribution in [2.75, 3.05) is 32.8 Å². The summed E-state index contributed by atoms with van der Waals surface area (Å²) in [5.41, 5.74) is -1.17. The Labute approximate surface area is 126 Å². The zero-order valence-electron chi connectivity index (χ0n) is 12.2. The maximum absolute atomic E-state index is 14.4. The Kier molecular flexibility index (Phi) is 5.77. The van der Waals surface area contributed by atoms with Gasteiger partial charge in [-0.1, -0.05) is 12.1 Å². The molecule has 0 aromatic heterocycles. The van der Waals surface area contributed by atoms with Crippen LogP contribution in [0.25, 0.3) is 0 Å². The van der Waals surface area contributed by atoms with Crippen molar-refractivity contribution >= 4 is 0 Å². The lowest BCUT2D eigenvalue weighted by Crippen LogP contribution is -2.45. The number of aliphatic hydroxyl groups is 1. The van der Waals surface area contributed by atoms with E-state index in [9.17, 15) is 17.6 Å². The molecule has 0 unspecified atom stereocenters. The minimum atomic E-state index is -4.70. The van der Waals surface area contributed by atoms with Gasteiger partial charge < -0.3 is 10.4 Å². The highest BCUT2D eigenvalue weighted by Gasteiger charge is 2.36. The molecule has 2 N–H and O–H groups in total. The molecule has 0 spiro atoms. The van der Waals surface area contributed by atoms with Crippen LogP contribution >= 0.6 is 0 Å². The van der Waals surface area contributed by atoms with Gasteiger partial charge in [-0.2, -0.15) is 13.2 Å². The highest BCUT2D eigenvalue weighted by atomic mass is 19.4. The quantitative estimate of drug-likeness (QED) is 0.819. The van der Waals surface area contributed by atoms with Crippen molar-refractivity contribution in [3.8, 4) is 0 Å². The number of hydrogen-bond donors (Lipinski definition) is 2. The van der Waals surface area contributed by atoms with E-state index in [1.165, 1.54) is 12.1 Å². The molecule has 3 nitrogen and oxygen atoms in total. The Morgan fingerprint density at radius 2 is 1.91 bits per heavy atom. The monoisotopic (exact) mass is 320 g/mol. The number of nitrogens with zero attached hydrogens (tertiary/aromatic N) is 1. The number of halogens is 4. The van der Waals surface area contributed by atoms with Gasteiger partial charge in [-0.25, -0.2) is 4.39 Å². The highest BCUT2D eigenvalue weighted by molar-refractivity contribution is 5.30. The summed E-state index contributed by atoms with van der Waals surface area (Å²) in [6.45, 7) is 2.66. The van der Waals surface area contributed by atoms with Crippen molar-refractivity contribution in [3.05, 3.63) is 35.1 Å². The second kappa shape index (κ2) is 7.39. The van der Waals surface area contributed by atoms with E-state index in [1.54, 1.807) is 0 Å². The van der Waals surface area contributed by atoms with Crippen LogP contribution in [0.2, 0.25) is 0 Å². The van der Waals surface area contributed by atoms with Gasteiger partial charge in [0.2, 0.25) is 0 Å². The molecule has 0 amide bonds. The first-order chi connectivity index (χ1) is 10.4. The van der Waals surface area contributed by atoms with Crippen LogP contribution in [-0.2, 0) is 6.18 Å². The summed E-state index contributed by atoms with van der Waals surface area (Å²) >= 11 is 0. The van der Waals surface area contributed by atoms with Gasteiger partial charge in [0.1, 0.15) is 5.82 Å². The number of aliphatic hydroxyl groups excluding tert-OH is 1. The van der Waals surface area contributed by atoms with Gasteiger partial charge in [0.05, 0.1) is 5.56 Å². The molecule has 1 atom stereocenters. The van der Waals surface area contributed by atoms with E-state index in [4.69, 9.17) is 5.11 Å². The molecule has 124 valence electrons. The van der Waals surface area contributed by atoms with Gasteiger partial charge in [-0.3, -0.25) is 4.90 Å². The zero-order chi connectivity index (χ0) is 16.2. The molecule has 7 heteroatoms. The summed E-state index contributed by atoms with van der Waals surface area (Å²) in [4.78, 5) is 1.98. The molecule has 0 aliphatic carbocycles. The fourth-order valence-electron chi connectivity index (χ4n) is 2.84. The van der Waals surface area contributed by atoms with Gasteiger partial charge in [0, 0.05) is 44.4 Å². The SMILES string of the molecule is OCCC[C@@H](c1cccc(C(F)(F)F)c1F)N1CCNCC1.